The highest BCUT2D eigenvalue weighted by Crippen LogP contribution is 2.25. The molecule has 1 aliphatic rings. The molecular formula is C12H22O3S. The van der Waals surface area contributed by atoms with Gasteiger partial charge in [0.1, 0.15) is 10.9 Å². The molecule has 0 N–H and O–H groups in total. The van der Waals surface area contributed by atoms with E-state index in [0.717, 1.165) is 25.7 Å². The van der Waals surface area contributed by atoms with Crippen LogP contribution in [0.15, 0.2) is 0 Å². The zero-order chi connectivity index (χ0) is 12.3. The van der Waals surface area contributed by atoms with Crippen molar-refractivity contribution in [3.05, 3.63) is 0 Å². The van der Waals surface area contributed by atoms with Gasteiger partial charge in [-0.1, -0.05) is 12.8 Å². The van der Waals surface area contributed by atoms with Gasteiger partial charge in [0.15, 0.2) is 0 Å². The fourth-order valence-electron chi connectivity index (χ4n) is 1.89. The Bertz CT molecular complexity index is 274. The van der Waals surface area contributed by atoms with Crippen molar-refractivity contribution in [1.82, 2.24) is 0 Å². The maximum absolute atomic E-state index is 12.1. The van der Waals surface area contributed by atoms with Crippen LogP contribution >= 0.6 is 0 Å². The Kier molecular flexibility index (Phi) is 4.53. The lowest BCUT2D eigenvalue weighted by Gasteiger charge is -2.23. The number of carbonyl (C=O) groups is 1. The largest absolute Gasteiger partial charge is 0.459 e. The van der Waals surface area contributed by atoms with Crippen LogP contribution in [-0.4, -0.2) is 26.3 Å². The van der Waals surface area contributed by atoms with Crippen LogP contribution in [0.25, 0.3) is 0 Å². The summed E-state index contributed by atoms with van der Waals surface area (Å²) in [7, 11) is -1.08. The lowest BCUT2D eigenvalue weighted by molar-refractivity contribution is -0.153. The van der Waals surface area contributed by atoms with Gasteiger partial charge in [0, 0.05) is 16.0 Å². The summed E-state index contributed by atoms with van der Waals surface area (Å²) in [6, 6.07) is 0. The van der Waals surface area contributed by atoms with Crippen LogP contribution in [0.4, 0.5) is 0 Å². The summed E-state index contributed by atoms with van der Waals surface area (Å²) in [6.45, 7) is 7.20. The molecule has 3 nitrogen and oxygen atoms in total. The van der Waals surface area contributed by atoms with Crippen LogP contribution in [-0.2, 0) is 20.3 Å². The lowest BCUT2D eigenvalue weighted by Crippen LogP contribution is -2.35. The van der Waals surface area contributed by atoms with E-state index in [2.05, 4.69) is 0 Å². The number of carbonyl (C=O) groups excluding carboxylic acids is 1. The average Bonchev–Trinajstić information content (AvgIpc) is 2.65. The van der Waals surface area contributed by atoms with Crippen molar-refractivity contribution in [2.24, 2.45) is 0 Å². The Morgan fingerprint density at radius 2 is 1.81 bits per heavy atom. The Balaban J connectivity index is 2.52. The van der Waals surface area contributed by atoms with Crippen LogP contribution in [0, 0.1) is 0 Å². The van der Waals surface area contributed by atoms with E-state index in [1.807, 2.05) is 20.8 Å². The van der Waals surface area contributed by atoms with Crippen molar-refractivity contribution in [2.45, 2.75) is 69.5 Å². The van der Waals surface area contributed by atoms with Crippen molar-refractivity contribution in [3.8, 4) is 0 Å². The molecule has 94 valence electrons. The van der Waals surface area contributed by atoms with Crippen LogP contribution < -0.4 is 0 Å². The van der Waals surface area contributed by atoms with E-state index < -0.39 is 21.7 Å². The molecule has 1 fully saturated rings. The number of esters is 1. The minimum absolute atomic E-state index is 0.197. The van der Waals surface area contributed by atoms with Crippen molar-refractivity contribution < 1.29 is 13.7 Å². The second kappa shape index (κ2) is 5.30. The highest BCUT2D eigenvalue weighted by molar-refractivity contribution is 7.87. The molecule has 1 saturated carbocycles. The monoisotopic (exact) mass is 246 g/mol. The van der Waals surface area contributed by atoms with Crippen LogP contribution in [0.5, 0.6) is 0 Å². The topological polar surface area (TPSA) is 43.4 Å². The van der Waals surface area contributed by atoms with Crippen molar-refractivity contribution >= 4 is 16.8 Å². The summed E-state index contributed by atoms with van der Waals surface area (Å²) in [6.07, 6.45) is 4.24. The summed E-state index contributed by atoms with van der Waals surface area (Å²) >= 11 is 0. The molecule has 1 aliphatic carbocycles. The van der Waals surface area contributed by atoms with E-state index in [0.29, 0.717) is 0 Å². The van der Waals surface area contributed by atoms with Crippen LogP contribution in [0.2, 0.25) is 0 Å². The van der Waals surface area contributed by atoms with Crippen molar-refractivity contribution in [2.75, 3.05) is 0 Å². The molecule has 0 aromatic rings. The first-order valence-electron chi connectivity index (χ1n) is 5.93. The van der Waals surface area contributed by atoms with Crippen LogP contribution in [0.1, 0.15) is 53.4 Å². The van der Waals surface area contributed by atoms with Gasteiger partial charge in [0.2, 0.25) is 0 Å². The minimum atomic E-state index is -1.08. The van der Waals surface area contributed by atoms with Gasteiger partial charge in [-0.15, -0.1) is 0 Å². The smallest absolute Gasteiger partial charge is 0.321 e. The van der Waals surface area contributed by atoms with E-state index in [1.54, 1.807) is 6.92 Å². The molecule has 0 aliphatic heterocycles. The molecule has 2 unspecified atom stereocenters. The van der Waals surface area contributed by atoms with E-state index in [4.69, 9.17) is 4.74 Å². The quantitative estimate of drug-likeness (QED) is 0.718. The summed E-state index contributed by atoms with van der Waals surface area (Å²) < 4.78 is 17.3. The first-order valence-corrected chi connectivity index (χ1v) is 7.21. The predicted molar refractivity (Wildman–Crippen MR) is 65.7 cm³/mol. The lowest BCUT2D eigenvalue weighted by atomic mass is 10.2. The second-order valence-electron chi connectivity index (χ2n) is 5.41. The van der Waals surface area contributed by atoms with E-state index >= 15 is 0 Å². The first kappa shape index (κ1) is 13.7. The second-order valence-corrected chi connectivity index (χ2v) is 7.44. The maximum atomic E-state index is 12.1. The van der Waals surface area contributed by atoms with Crippen molar-refractivity contribution in [1.29, 1.82) is 0 Å². The molecular weight excluding hydrogens is 224 g/mol. The van der Waals surface area contributed by atoms with Gasteiger partial charge in [0.05, 0.1) is 0 Å². The molecule has 0 bridgehead atoms. The standard InChI is InChI=1S/C12H22O3S/c1-9(11(13)15-12(2,3)4)16(14)10-7-5-6-8-10/h9-10H,5-8H2,1-4H3. The molecule has 0 spiro atoms. The minimum Gasteiger partial charge on any atom is -0.459 e. The van der Waals surface area contributed by atoms with Crippen LogP contribution in [0.3, 0.4) is 0 Å². The number of hydrogen-bond acceptors (Lipinski definition) is 3. The summed E-state index contributed by atoms with van der Waals surface area (Å²) in [5.41, 5.74) is -0.495. The highest BCUT2D eigenvalue weighted by atomic mass is 32.2. The zero-order valence-corrected chi connectivity index (χ0v) is 11.4. The third-order valence-corrected chi connectivity index (χ3v) is 4.74. The van der Waals surface area contributed by atoms with E-state index in [9.17, 15) is 9.00 Å². The van der Waals surface area contributed by atoms with E-state index in [1.165, 1.54) is 0 Å². The zero-order valence-electron chi connectivity index (χ0n) is 10.6. The summed E-state index contributed by atoms with van der Waals surface area (Å²) in [5, 5.41) is -0.301. The Labute approximate surface area is 100 Å². The molecule has 0 amide bonds. The molecule has 1 rings (SSSR count). The number of rotatable bonds is 3. The van der Waals surface area contributed by atoms with E-state index in [-0.39, 0.29) is 11.2 Å². The molecule has 4 heteroatoms. The maximum Gasteiger partial charge on any atom is 0.321 e. The van der Waals surface area contributed by atoms with Gasteiger partial charge >= 0.3 is 5.97 Å². The molecule has 2 atom stereocenters. The van der Waals surface area contributed by atoms with Gasteiger partial charge in [-0.05, 0) is 40.5 Å². The molecule has 0 heterocycles. The van der Waals surface area contributed by atoms with Gasteiger partial charge in [-0.3, -0.25) is 9.00 Å². The normalized spacial score (nSPS) is 21.8. The first-order chi connectivity index (χ1) is 7.31. The Morgan fingerprint density at radius 3 is 2.25 bits per heavy atom. The predicted octanol–water partition coefficient (Wildman–Crippen LogP) is 2.41. The molecule has 0 aromatic heterocycles. The molecule has 16 heavy (non-hydrogen) atoms. The summed E-state index contributed by atoms with van der Waals surface area (Å²) in [5.74, 6) is -0.335. The fraction of sp³-hybridized carbons (Fsp3) is 0.917. The molecule has 0 radical (unpaired) electrons. The summed E-state index contributed by atoms with van der Waals surface area (Å²) in [4.78, 5) is 11.7. The van der Waals surface area contributed by atoms with Gasteiger partial charge in [-0.2, -0.15) is 0 Å². The molecule has 0 aromatic carbocycles. The van der Waals surface area contributed by atoms with Crippen molar-refractivity contribution in [3.63, 3.8) is 0 Å². The molecule has 0 saturated heterocycles. The SMILES string of the molecule is CC(C(=O)OC(C)(C)C)S(=O)C1CCCC1. The Hall–Kier alpha value is -0.380. The highest BCUT2D eigenvalue weighted by Gasteiger charge is 2.32. The Morgan fingerprint density at radius 1 is 1.31 bits per heavy atom. The van der Waals surface area contributed by atoms with Gasteiger partial charge in [-0.25, -0.2) is 0 Å². The number of ether oxygens (including phenoxy) is 1. The number of hydrogen-bond donors (Lipinski definition) is 0. The fourth-order valence-corrected chi connectivity index (χ4v) is 3.50. The van der Waals surface area contributed by atoms with Gasteiger partial charge < -0.3 is 4.74 Å². The van der Waals surface area contributed by atoms with Gasteiger partial charge in [0.25, 0.3) is 0 Å². The average molecular weight is 246 g/mol. The third kappa shape index (κ3) is 3.89. The third-order valence-electron chi connectivity index (χ3n) is 2.72.